The fraction of sp³-hybridized carbons (Fsp3) is 0.714. The number of piperidine rings is 1. The van der Waals surface area contributed by atoms with Gasteiger partial charge in [0.05, 0.1) is 0 Å². The average molecular weight is 318 g/mol. The van der Waals surface area contributed by atoms with Crippen LogP contribution in [0.4, 0.5) is 0 Å². The van der Waals surface area contributed by atoms with Gasteiger partial charge in [-0.1, -0.05) is 53.2 Å². The Hall–Kier alpha value is -1.02. The number of nitrogens with zero attached hydrogens (tertiary/aromatic N) is 1. The Kier molecular flexibility index (Phi) is 6.13. The number of likely N-dealkylation sites (tertiary alicyclic amines) is 1. The van der Waals surface area contributed by atoms with Crippen LogP contribution < -0.4 is 4.74 Å². The molecule has 0 aliphatic carbocycles. The average Bonchev–Trinajstić information content (AvgIpc) is 2.46. The number of rotatable bonds is 6. The van der Waals surface area contributed by atoms with Crippen LogP contribution in [-0.4, -0.2) is 31.1 Å². The van der Waals surface area contributed by atoms with Crippen molar-refractivity contribution in [3.8, 4) is 5.75 Å². The molecule has 1 fully saturated rings. The molecule has 130 valence electrons. The summed E-state index contributed by atoms with van der Waals surface area (Å²) in [6.07, 6.45) is 5.26. The van der Waals surface area contributed by atoms with Crippen LogP contribution in [0.2, 0.25) is 0 Å². The number of hydrogen-bond acceptors (Lipinski definition) is 2. The van der Waals surface area contributed by atoms with Crippen molar-refractivity contribution in [2.75, 3.05) is 26.2 Å². The fourth-order valence-electron chi connectivity index (χ4n) is 3.91. The molecule has 2 heteroatoms. The van der Waals surface area contributed by atoms with E-state index >= 15 is 0 Å². The lowest BCUT2D eigenvalue weighted by Crippen LogP contribution is -2.33. The van der Waals surface area contributed by atoms with Gasteiger partial charge in [0.2, 0.25) is 0 Å². The molecule has 0 atom stereocenters. The lowest BCUT2D eigenvalue weighted by molar-refractivity contribution is 0.183. The number of hydrogen-bond donors (Lipinski definition) is 0. The van der Waals surface area contributed by atoms with E-state index in [2.05, 4.69) is 63.8 Å². The van der Waals surface area contributed by atoms with Gasteiger partial charge in [-0.3, -0.25) is 4.90 Å². The summed E-state index contributed by atoms with van der Waals surface area (Å²) in [5, 5.41) is 0. The summed E-state index contributed by atoms with van der Waals surface area (Å²) < 4.78 is 5.94. The quantitative estimate of drug-likeness (QED) is 0.709. The van der Waals surface area contributed by atoms with Gasteiger partial charge in [0.1, 0.15) is 12.4 Å². The van der Waals surface area contributed by atoms with Crippen molar-refractivity contribution >= 4 is 0 Å². The second-order valence-electron chi connectivity index (χ2n) is 8.90. The van der Waals surface area contributed by atoms with Gasteiger partial charge in [-0.25, -0.2) is 0 Å². The SMILES string of the molecule is CC(C)(C)CC(C)(C)c1ccc(OCCN2CCCCC2)cc1. The summed E-state index contributed by atoms with van der Waals surface area (Å²) in [5.74, 6) is 0.998. The lowest BCUT2D eigenvalue weighted by atomic mass is 9.72. The Bertz CT molecular complexity index is 464. The zero-order valence-electron chi connectivity index (χ0n) is 15.8. The van der Waals surface area contributed by atoms with Crippen molar-refractivity contribution in [3.05, 3.63) is 29.8 Å². The van der Waals surface area contributed by atoms with E-state index in [1.165, 1.54) is 44.3 Å². The standard InChI is InChI=1S/C21H35NO/c1-20(2,3)17-21(4,5)18-9-11-19(12-10-18)23-16-15-22-13-7-6-8-14-22/h9-12H,6-8,13-17H2,1-5H3. The molecule has 0 spiro atoms. The van der Waals surface area contributed by atoms with Crippen molar-refractivity contribution < 1.29 is 4.74 Å². The van der Waals surface area contributed by atoms with Gasteiger partial charge >= 0.3 is 0 Å². The van der Waals surface area contributed by atoms with Crippen LogP contribution >= 0.6 is 0 Å². The fourth-order valence-corrected chi connectivity index (χ4v) is 3.91. The van der Waals surface area contributed by atoms with Gasteiger partial charge in [0, 0.05) is 6.54 Å². The van der Waals surface area contributed by atoms with Crippen LogP contribution in [0.5, 0.6) is 5.75 Å². The predicted octanol–water partition coefficient (Wildman–Crippen LogP) is 5.27. The van der Waals surface area contributed by atoms with Crippen molar-refractivity contribution in [1.82, 2.24) is 4.90 Å². The molecule has 0 saturated carbocycles. The van der Waals surface area contributed by atoms with Crippen LogP contribution in [-0.2, 0) is 5.41 Å². The smallest absolute Gasteiger partial charge is 0.119 e. The monoisotopic (exact) mass is 317 g/mol. The molecule has 0 unspecified atom stereocenters. The van der Waals surface area contributed by atoms with Crippen LogP contribution in [0.3, 0.4) is 0 Å². The highest BCUT2D eigenvalue weighted by molar-refractivity contribution is 5.31. The summed E-state index contributed by atoms with van der Waals surface area (Å²) >= 11 is 0. The summed E-state index contributed by atoms with van der Waals surface area (Å²) in [7, 11) is 0. The molecule has 0 radical (unpaired) electrons. The molecule has 1 saturated heterocycles. The maximum absolute atomic E-state index is 5.94. The molecule has 2 nitrogen and oxygen atoms in total. The van der Waals surface area contributed by atoms with Gasteiger partial charge in [-0.2, -0.15) is 0 Å². The van der Waals surface area contributed by atoms with Crippen LogP contribution in [0.25, 0.3) is 0 Å². The molecular formula is C21H35NO. The third-order valence-electron chi connectivity index (χ3n) is 4.73. The second-order valence-corrected chi connectivity index (χ2v) is 8.90. The van der Waals surface area contributed by atoms with Crippen LogP contribution in [0.15, 0.2) is 24.3 Å². The van der Waals surface area contributed by atoms with E-state index in [0.717, 1.165) is 18.9 Å². The Morgan fingerprint density at radius 1 is 0.913 bits per heavy atom. The number of ether oxygens (including phenoxy) is 1. The van der Waals surface area contributed by atoms with Gasteiger partial charge in [0.25, 0.3) is 0 Å². The lowest BCUT2D eigenvalue weighted by Gasteiger charge is -2.33. The van der Waals surface area contributed by atoms with E-state index < -0.39 is 0 Å². The first-order valence-electron chi connectivity index (χ1n) is 9.22. The third kappa shape index (κ3) is 6.18. The molecule has 1 aliphatic rings. The van der Waals surface area contributed by atoms with Crippen LogP contribution in [0, 0.1) is 5.41 Å². The largest absolute Gasteiger partial charge is 0.492 e. The molecule has 0 aromatic heterocycles. The summed E-state index contributed by atoms with van der Waals surface area (Å²) in [4.78, 5) is 2.52. The van der Waals surface area contributed by atoms with Crippen molar-refractivity contribution in [3.63, 3.8) is 0 Å². The molecule has 1 aromatic carbocycles. The molecule has 0 bridgehead atoms. The van der Waals surface area contributed by atoms with E-state index in [4.69, 9.17) is 4.74 Å². The van der Waals surface area contributed by atoms with E-state index in [0.29, 0.717) is 5.41 Å². The Balaban J connectivity index is 1.84. The molecular weight excluding hydrogens is 282 g/mol. The van der Waals surface area contributed by atoms with E-state index in [1.807, 2.05) is 0 Å². The van der Waals surface area contributed by atoms with Crippen molar-refractivity contribution in [2.45, 2.75) is 65.7 Å². The predicted molar refractivity (Wildman–Crippen MR) is 99.3 cm³/mol. The molecule has 0 amide bonds. The highest BCUT2D eigenvalue weighted by atomic mass is 16.5. The molecule has 1 heterocycles. The topological polar surface area (TPSA) is 12.5 Å². The second kappa shape index (κ2) is 7.70. The molecule has 1 aromatic rings. The maximum Gasteiger partial charge on any atom is 0.119 e. The highest BCUT2D eigenvalue weighted by Gasteiger charge is 2.27. The Labute approximate surface area is 143 Å². The third-order valence-corrected chi connectivity index (χ3v) is 4.73. The normalized spacial score (nSPS) is 17.3. The molecule has 0 N–H and O–H groups in total. The molecule has 23 heavy (non-hydrogen) atoms. The van der Waals surface area contributed by atoms with E-state index in [9.17, 15) is 0 Å². The first-order valence-corrected chi connectivity index (χ1v) is 9.22. The zero-order valence-corrected chi connectivity index (χ0v) is 15.8. The van der Waals surface area contributed by atoms with Gasteiger partial charge in [-0.05, 0) is 60.9 Å². The summed E-state index contributed by atoms with van der Waals surface area (Å²) in [6.45, 7) is 15.9. The minimum Gasteiger partial charge on any atom is -0.492 e. The minimum atomic E-state index is 0.199. The van der Waals surface area contributed by atoms with E-state index in [1.54, 1.807) is 0 Å². The summed E-state index contributed by atoms with van der Waals surface area (Å²) in [5.41, 5.74) is 1.94. The van der Waals surface area contributed by atoms with Gasteiger partial charge in [0.15, 0.2) is 0 Å². The number of benzene rings is 1. The van der Waals surface area contributed by atoms with Gasteiger partial charge < -0.3 is 4.74 Å². The Morgan fingerprint density at radius 3 is 2.09 bits per heavy atom. The van der Waals surface area contributed by atoms with Gasteiger partial charge in [-0.15, -0.1) is 0 Å². The highest BCUT2D eigenvalue weighted by Crippen LogP contribution is 2.36. The Morgan fingerprint density at radius 2 is 1.52 bits per heavy atom. The first-order chi connectivity index (χ1) is 10.8. The summed E-state index contributed by atoms with van der Waals surface area (Å²) in [6, 6.07) is 8.75. The molecule has 1 aliphatic heterocycles. The first kappa shape index (κ1) is 18.3. The van der Waals surface area contributed by atoms with E-state index in [-0.39, 0.29) is 5.41 Å². The molecule has 2 rings (SSSR count). The van der Waals surface area contributed by atoms with Crippen molar-refractivity contribution in [1.29, 1.82) is 0 Å². The zero-order chi connectivity index (χ0) is 16.9. The minimum absolute atomic E-state index is 0.199. The van der Waals surface area contributed by atoms with Crippen molar-refractivity contribution in [2.24, 2.45) is 5.41 Å². The van der Waals surface area contributed by atoms with Crippen LogP contribution in [0.1, 0.15) is 65.9 Å². The maximum atomic E-state index is 5.94.